The van der Waals surface area contributed by atoms with E-state index < -0.39 is 5.41 Å². The molecule has 0 fully saturated rings. The highest BCUT2D eigenvalue weighted by atomic mass is 16.5. The van der Waals surface area contributed by atoms with Gasteiger partial charge in [-0.25, -0.2) is 29.9 Å². The molecule has 7 nitrogen and oxygen atoms in total. The van der Waals surface area contributed by atoms with Crippen LogP contribution in [-0.2, 0) is 5.41 Å². The van der Waals surface area contributed by atoms with E-state index in [9.17, 15) is 0 Å². The lowest BCUT2D eigenvalue weighted by Crippen LogP contribution is -2.33. The number of rotatable bonds is 6. The van der Waals surface area contributed by atoms with E-state index in [1.807, 2.05) is 133 Å². The maximum absolute atomic E-state index is 6.81. The fourth-order valence-electron chi connectivity index (χ4n) is 9.25. The molecule has 0 amide bonds. The largest absolute Gasteiger partial charge is 0.457 e. The lowest BCUT2D eigenvalue weighted by Gasteiger charge is -2.40. The van der Waals surface area contributed by atoms with Gasteiger partial charge in [0.25, 0.3) is 0 Å². The van der Waals surface area contributed by atoms with E-state index in [-0.39, 0.29) is 0 Å². The van der Waals surface area contributed by atoms with Crippen LogP contribution in [-0.4, -0.2) is 29.9 Å². The summed E-state index contributed by atoms with van der Waals surface area (Å²) in [5, 5.41) is 0. The zero-order chi connectivity index (χ0) is 41.0. The smallest absolute Gasteiger partial charge is 0.164 e. The van der Waals surface area contributed by atoms with Gasteiger partial charge in [-0.05, 0) is 34.4 Å². The maximum Gasteiger partial charge on any atom is 0.164 e. The van der Waals surface area contributed by atoms with E-state index >= 15 is 0 Å². The highest BCUT2D eigenvalue weighted by molar-refractivity contribution is 5.97. The number of hydrogen-bond acceptors (Lipinski definition) is 7. The van der Waals surface area contributed by atoms with E-state index in [1.54, 1.807) is 0 Å². The molecule has 3 heterocycles. The lowest BCUT2D eigenvalue weighted by molar-refractivity contribution is 0.436. The molecule has 2 aromatic heterocycles. The molecule has 0 radical (unpaired) electrons. The van der Waals surface area contributed by atoms with Crippen LogP contribution in [0.15, 0.2) is 206 Å². The van der Waals surface area contributed by atoms with Gasteiger partial charge in [0.1, 0.15) is 11.5 Å². The Labute approximate surface area is 358 Å². The van der Waals surface area contributed by atoms with E-state index in [4.69, 9.17) is 34.6 Å². The summed E-state index contributed by atoms with van der Waals surface area (Å²) in [6.07, 6.45) is 0. The Kier molecular flexibility index (Phi) is 8.25. The summed E-state index contributed by atoms with van der Waals surface area (Å²) in [6, 6.07) is 70.1. The van der Waals surface area contributed by atoms with Gasteiger partial charge < -0.3 is 4.74 Å². The average Bonchev–Trinajstić information content (AvgIpc) is 3.66. The van der Waals surface area contributed by atoms with Crippen LogP contribution in [0.1, 0.15) is 22.3 Å². The first kappa shape index (κ1) is 35.5. The molecule has 8 aromatic carbocycles. The predicted octanol–water partition coefficient (Wildman–Crippen LogP) is 12.5. The number of ether oxygens (including phenoxy) is 1. The second-order valence-corrected chi connectivity index (χ2v) is 15.4. The van der Waals surface area contributed by atoms with Crippen LogP contribution in [0, 0.1) is 0 Å². The monoisotopic (exact) mass is 794 g/mol. The van der Waals surface area contributed by atoms with Gasteiger partial charge in [0.2, 0.25) is 0 Å². The van der Waals surface area contributed by atoms with Crippen molar-refractivity contribution in [3.05, 3.63) is 229 Å². The molecule has 0 bridgehead atoms. The van der Waals surface area contributed by atoms with Gasteiger partial charge in [0, 0.05) is 44.5 Å². The van der Waals surface area contributed by atoms with Crippen molar-refractivity contribution >= 4 is 0 Å². The fourth-order valence-corrected chi connectivity index (χ4v) is 9.25. The molecule has 62 heavy (non-hydrogen) atoms. The zero-order valence-electron chi connectivity index (χ0n) is 33.2. The van der Waals surface area contributed by atoms with Crippen molar-refractivity contribution < 1.29 is 4.74 Å². The summed E-state index contributed by atoms with van der Waals surface area (Å²) in [5.74, 6) is 5.06. The second kappa shape index (κ2) is 14.4. The number of hydrogen-bond donors (Lipinski definition) is 0. The van der Waals surface area contributed by atoms with Crippen molar-refractivity contribution in [2.75, 3.05) is 0 Å². The first-order valence-corrected chi connectivity index (χ1v) is 20.6. The number of nitrogens with zero attached hydrogens (tertiary/aromatic N) is 6. The zero-order valence-corrected chi connectivity index (χ0v) is 33.2. The third kappa shape index (κ3) is 5.59. The molecule has 0 N–H and O–H groups in total. The Morgan fingerprint density at radius 3 is 0.903 bits per heavy atom. The molecule has 12 rings (SSSR count). The maximum atomic E-state index is 6.81. The van der Waals surface area contributed by atoms with Crippen LogP contribution >= 0.6 is 0 Å². The summed E-state index contributed by atoms with van der Waals surface area (Å²) in [7, 11) is 0. The van der Waals surface area contributed by atoms with Crippen molar-refractivity contribution in [2.45, 2.75) is 5.41 Å². The summed E-state index contributed by atoms with van der Waals surface area (Å²) in [6.45, 7) is 0. The minimum absolute atomic E-state index is 0.572. The van der Waals surface area contributed by atoms with E-state index in [0.717, 1.165) is 78.3 Å². The molecule has 2 aliphatic rings. The SMILES string of the molecule is c1ccc(-c2nc(-c3ccccc3)nc(-c3cccc4c3C3(c5ccccc5Oc5ccccc53)c3c(-c5nc(-c6ccccc6)nc(-c6ccccc6)n5)cccc3-4)n2)cc1. The normalized spacial score (nSPS) is 12.8. The van der Waals surface area contributed by atoms with Crippen molar-refractivity contribution in [1.29, 1.82) is 0 Å². The van der Waals surface area contributed by atoms with Crippen molar-refractivity contribution in [1.82, 2.24) is 29.9 Å². The molecule has 0 saturated heterocycles. The molecule has 1 aliphatic heterocycles. The van der Waals surface area contributed by atoms with Gasteiger partial charge in [-0.2, -0.15) is 0 Å². The predicted molar refractivity (Wildman–Crippen MR) is 243 cm³/mol. The first-order chi connectivity index (χ1) is 30.7. The number of para-hydroxylation sites is 2. The van der Waals surface area contributed by atoms with Gasteiger partial charge in [-0.3, -0.25) is 0 Å². The van der Waals surface area contributed by atoms with Gasteiger partial charge in [0.05, 0.1) is 5.41 Å². The second-order valence-electron chi connectivity index (χ2n) is 15.4. The van der Waals surface area contributed by atoms with E-state index in [0.29, 0.717) is 34.9 Å². The number of fused-ring (bicyclic) bond motifs is 9. The van der Waals surface area contributed by atoms with Gasteiger partial charge in [-0.15, -0.1) is 0 Å². The quantitative estimate of drug-likeness (QED) is 0.166. The molecular weight excluding hydrogens is 761 g/mol. The molecule has 1 aliphatic carbocycles. The van der Waals surface area contributed by atoms with Crippen LogP contribution in [0.2, 0.25) is 0 Å². The summed E-state index contributed by atoms with van der Waals surface area (Å²) in [5.41, 5.74) is 10.7. The fraction of sp³-hybridized carbons (Fsp3) is 0.0182. The summed E-state index contributed by atoms with van der Waals surface area (Å²) >= 11 is 0. The third-order valence-corrected chi connectivity index (χ3v) is 11.9. The van der Waals surface area contributed by atoms with Crippen LogP contribution in [0.3, 0.4) is 0 Å². The molecule has 0 atom stereocenters. The van der Waals surface area contributed by atoms with Crippen LogP contribution in [0.4, 0.5) is 0 Å². The Morgan fingerprint density at radius 1 is 0.258 bits per heavy atom. The minimum atomic E-state index is -0.928. The Bertz CT molecular complexity index is 2980. The van der Waals surface area contributed by atoms with Gasteiger partial charge in [0.15, 0.2) is 34.9 Å². The molecule has 290 valence electrons. The van der Waals surface area contributed by atoms with Gasteiger partial charge in [-0.1, -0.05) is 194 Å². The highest BCUT2D eigenvalue weighted by Gasteiger charge is 2.54. The third-order valence-electron chi connectivity index (χ3n) is 11.9. The Hall–Kier alpha value is -8.42. The topological polar surface area (TPSA) is 86.6 Å². The molecule has 1 spiro atoms. The van der Waals surface area contributed by atoms with E-state index in [2.05, 4.69) is 72.8 Å². The van der Waals surface area contributed by atoms with Crippen LogP contribution in [0.5, 0.6) is 11.5 Å². The number of aromatic nitrogens is 6. The number of benzene rings is 8. The van der Waals surface area contributed by atoms with E-state index in [1.165, 1.54) is 0 Å². The molecule has 7 heteroatoms. The van der Waals surface area contributed by atoms with Gasteiger partial charge >= 0.3 is 0 Å². The lowest BCUT2D eigenvalue weighted by atomic mass is 9.64. The van der Waals surface area contributed by atoms with Crippen molar-refractivity contribution in [2.24, 2.45) is 0 Å². The van der Waals surface area contributed by atoms with Crippen LogP contribution < -0.4 is 4.74 Å². The molecule has 10 aromatic rings. The summed E-state index contributed by atoms with van der Waals surface area (Å²) < 4.78 is 6.81. The molecule has 0 unspecified atom stereocenters. The minimum Gasteiger partial charge on any atom is -0.457 e. The average molecular weight is 795 g/mol. The highest BCUT2D eigenvalue weighted by Crippen LogP contribution is 2.65. The van der Waals surface area contributed by atoms with Crippen molar-refractivity contribution in [3.8, 4) is 91.0 Å². The standard InChI is InChI=1S/C55H34N6O/c1-5-19-35(20-6-1)49-56-50(36-21-7-2-8-22-36)59-53(58-49)41-29-17-27-39-40-28-18-30-42(54-60-51(37-23-9-3-10-24-37)57-52(61-54)38-25-11-4-12-26-38)48(40)55(47(39)41)43-31-13-15-33-45(43)62-46-34-16-14-32-44(46)55/h1-34H. The first-order valence-electron chi connectivity index (χ1n) is 20.6. The molecular formula is C55H34N6O. The summed E-state index contributed by atoms with van der Waals surface area (Å²) in [4.78, 5) is 31.4. The van der Waals surface area contributed by atoms with Crippen molar-refractivity contribution in [3.63, 3.8) is 0 Å². The van der Waals surface area contributed by atoms with Crippen LogP contribution in [0.25, 0.3) is 79.5 Å². The Balaban J connectivity index is 1.20. The Morgan fingerprint density at radius 2 is 0.548 bits per heavy atom. The molecule has 0 saturated carbocycles.